The minimum Gasteiger partial charge on any atom is -0.397 e. The van der Waals surface area contributed by atoms with E-state index in [1.165, 1.54) is 18.3 Å². The standard InChI is InChI=1S/C11H17N3O2S/c1-5-14(4)11-7(10(16)13-3)8(12)9(17-11)6(2)15/h5,12H2,1-4H3,(H,13,16). The van der Waals surface area contributed by atoms with Crippen LogP contribution in [0, 0.1) is 0 Å². The van der Waals surface area contributed by atoms with E-state index in [0.717, 1.165) is 11.5 Å². The number of nitrogens with two attached hydrogens (primary N) is 1. The summed E-state index contributed by atoms with van der Waals surface area (Å²) in [6, 6.07) is 0. The summed E-state index contributed by atoms with van der Waals surface area (Å²) in [4.78, 5) is 25.6. The number of nitrogen functional groups attached to an aromatic ring is 1. The number of nitrogens with one attached hydrogen (secondary N) is 1. The molecule has 0 aromatic carbocycles. The highest BCUT2D eigenvalue weighted by Gasteiger charge is 2.24. The van der Waals surface area contributed by atoms with Gasteiger partial charge in [0.05, 0.1) is 16.1 Å². The van der Waals surface area contributed by atoms with Gasteiger partial charge >= 0.3 is 0 Å². The molecule has 0 spiro atoms. The summed E-state index contributed by atoms with van der Waals surface area (Å²) < 4.78 is 0. The topological polar surface area (TPSA) is 75.4 Å². The van der Waals surface area contributed by atoms with Gasteiger partial charge in [-0.1, -0.05) is 0 Å². The molecule has 0 radical (unpaired) electrons. The molecule has 1 aromatic rings. The van der Waals surface area contributed by atoms with Gasteiger partial charge in [-0.15, -0.1) is 11.3 Å². The Labute approximate surface area is 105 Å². The van der Waals surface area contributed by atoms with Crippen molar-refractivity contribution in [1.29, 1.82) is 0 Å². The van der Waals surface area contributed by atoms with Gasteiger partial charge in [0.2, 0.25) is 0 Å². The van der Waals surface area contributed by atoms with E-state index in [1.54, 1.807) is 7.05 Å². The molecule has 0 unspecified atom stereocenters. The number of ketones is 1. The molecule has 5 nitrogen and oxygen atoms in total. The minimum atomic E-state index is -0.262. The summed E-state index contributed by atoms with van der Waals surface area (Å²) in [5.41, 5.74) is 6.55. The number of hydrogen-bond donors (Lipinski definition) is 2. The first-order chi connectivity index (χ1) is 7.93. The molecule has 0 saturated heterocycles. The molecule has 0 bridgehead atoms. The Morgan fingerprint density at radius 2 is 2.06 bits per heavy atom. The summed E-state index contributed by atoms with van der Waals surface area (Å²) in [5, 5.41) is 3.27. The fraction of sp³-hybridized carbons (Fsp3) is 0.455. The lowest BCUT2D eigenvalue weighted by Crippen LogP contribution is -2.23. The Kier molecular flexibility index (Phi) is 4.11. The number of hydrogen-bond acceptors (Lipinski definition) is 5. The number of carbonyl (C=O) groups excluding carboxylic acids is 2. The molecular formula is C11H17N3O2S. The number of thiophene rings is 1. The van der Waals surface area contributed by atoms with Crippen molar-refractivity contribution in [2.24, 2.45) is 0 Å². The van der Waals surface area contributed by atoms with Gasteiger partial charge in [-0.05, 0) is 6.92 Å². The summed E-state index contributed by atoms with van der Waals surface area (Å²) in [5.74, 6) is -0.380. The van der Waals surface area contributed by atoms with Crippen LogP contribution in [0.2, 0.25) is 0 Å². The van der Waals surface area contributed by atoms with Crippen LogP contribution in [0.4, 0.5) is 10.7 Å². The van der Waals surface area contributed by atoms with Gasteiger partial charge in [0.25, 0.3) is 5.91 Å². The maximum atomic E-state index is 11.8. The molecule has 3 N–H and O–H groups in total. The second-order valence-electron chi connectivity index (χ2n) is 3.67. The van der Waals surface area contributed by atoms with Gasteiger partial charge in [-0.25, -0.2) is 0 Å². The second-order valence-corrected chi connectivity index (χ2v) is 4.67. The number of anilines is 2. The van der Waals surface area contributed by atoms with Crippen LogP contribution >= 0.6 is 11.3 Å². The van der Waals surface area contributed by atoms with Gasteiger partial charge in [-0.2, -0.15) is 0 Å². The highest BCUT2D eigenvalue weighted by atomic mass is 32.1. The van der Waals surface area contributed by atoms with Crippen LogP contribution in [0.5, 0.6) is 0 Å². The van der Waals surface area contributed by atoms with Crippen molar-refractivity contribution in [2.75, 3.05) is 31.3 Å². The predicted octanol–water partition coefficient (Wildman–Crippen LogP) is 1.35. The van der Waals surface area contributed by atoms with E-state index >= 15 is 0 Å². The molecule has 17 heavy (non-hydrogen) atoms. The SMILES string of the molecule is CCN(C)c1sc(C(C)=O)c(N)c1C(=O)NC. The van der Waals surface area contributed by atoms with Crippen molar-refractivity contribution in [3.8, 4) is 0 Å². The van der Waals surface area contributed by atoms with Crippen molar-refractivity contribution in [2.45, 2.75) is 13.8 Å². The fourth-order valence-electron chi connectivity index (χ4n) is 1.45. The Morgan fingerprint density at radius 3 is 2.47 bits per heavy atom. The van der Waals surface area contributed by atoms with Gasteiger partial charge in [0, 0.05) is 27.6 Å². The molecule has 1 rings (SSSR count). The first kappa shape index (κ1) is 13.5. The van der Waals surface area contributed by atoms with Crippen molar-refractivity contribution < 1.29 is 9.59 Å². The van der Waals surface area contributed by atoms with Crippen LogP contribution in [-0.4, -0.2) is 32.3 Å². The predicted molar refractivity (Wildman–Crippen MR) is 71.1 cm³/mol. The largest absolute Gasteiger partial charge is 0.397 e. The maximum absolute atomic E-state index is 11.8. The number of nitrogens with zero attached hydrogens (tertiary/aromatic N) is 1. The normalized spacial score (nSPS) is 10.1. The Balaban J connectivity index is 3.42. The maximum Gasteiger partial charge on any atom is 0.256 e. The highest BCUT2D eigenvalue weighted by Crippen LogP contribution is 2.37. The molecule has 1 amide bonds. The Morgan fingerprint density at radius 1 is 1.47 bits per heavy atom. The van der Waals surface area contributed by atoms with Crippen LogP contribution in [0.1, 0.15) is 33.9 Å². The van der Waals surface area contributed by atoms with Crippen LogP contribution in [0.3, 0.4) is 0 Å². The molecule has 0 atom stereocenters. The van der Waals surface area contributed by atoms with E-state index in [9.17, 15) is 9.59 Å². The lowest BCUT2D eigenvalue weighted by molar-refractivity contribution is 0.0964. The number of Topliss-reactive ketones (excluding diaryl/α,β-unsaturated/α-hetero) is 1. The fourth-order valence-corrected chi connectivity index (χ4v) is 2.59. The van der Waals surface area contributed by atoms with E-state index in [2.05, 4.69) is 5.32 Å². The Hall–Kier alpha value is -1.56. The highest BCUT2D eigenvalue weighted by molar-refractivity contribution is 7.19. The van der Waals surface area contributed by atoms with E-state index in [0.29, 0.717) is 10.4 Å². The molecule has 0 aliphatic rings. The lowest BCUT2D eigenvalue weighted by Gasteiger charge is -2.16. The number of rotatable bonds is 4. The molecule has 0 fully saturated rings. The van der Waals surface area contributed by atoms with Gasteiger partial charge in [-0.3, -0.25) is 9.59 Å². The molecule has 94 valence electrons. The Bertz CT molecular complexity index is 454. The van der Waals surface area contributed by atoms with E-state index in [-0.39, 0.29) is 17.4 Å². The minimum absolute atomic E-state index is 0.117. The van der Waals surface area contributed by atoms with Crippen LogP contribution in [0.15, 0.2) is 0 Å². The lowest BCUT2D eigenvalue weighted by atomic mass is 10.2. The first-order valence-electron chi connectivity index (χ1n) is 5.30. The van der Waals surface area contributed by atoms with E-state index in [4.69, 9.17) is 5.73 Å². The number of carbonyl (C=O) groups is 2. The van der Waals surface area contributed by atoms with Crippen molar-refractivity contribution >= 4 is 33.7 Å². The first-order valence-corrected chi connectivity index (χ1v) is 6.12. The third-order valence-electron chi connectivity index (χ3n) is 2.52. The van der Waals surface area contributed by atoms with Crippen LogP contribution in [0.25, 0.3) is 0 Å². The van der Waals surface area contributed by atoms with Gasteiger partial charge in [0.15, 0.2) is 5.78 Å². The average Bonchev–Trinajstić information content (AvgIpc) is 2.65. The van der Waals surface area contributed by atoms with Crippen LogP contribution < -0.4 is 16.0 Å². The summed E-state index contributed by atoms with van der Waals surface area (Å²) in [6.07, 6.45) is 0. The van der Waals surface area contributed by atoms with E-state index < -0.39 is 0 Å². The van der Waals surface area contributed by atoms with Crippen molar-refractivity contribution in [3.63, 3.8) is 0 Å². The van der Waals surface area contributed by atoms with Crippen molar-refractivity contribution in [3.05, 3.63) is 10.4 Å². The molecule has 6 heteroatoms. The summed E-state index contributed by atoms with van der Waals surface area (Å²) >= 11 is 1.26. The zero-order valence-corrected chi connectivity index (χ0v) is 11.3. The molecule has 0 aliphatic carbocycles. The zero-order chi connectivity index (χ0) is 13.2. The van der Waals surface area contributed by atoms with Crippen LogP contribution in [-0.2, 0) is 0 Å². The summed E-state index contributed by atoms with van der Waals surface area (Å²) in [7, 11) is 3.41. The third-order valence-corrected chi connectivity index (χ3v) is 3.94. The molecule has 0 saturated carbocycles. The monoisotopic (exact) mass is 255 g/mol. The van der Waals surface area contributed by atoms with E-state index in [1.807, 2.05) is 18.9 Å². The molecule has 0 aliphatic heterocycles. The quantitative estimate of drug-likeness (QED) is 0.796. The summed E-state index contributed by atoms with van der Waals surface area (Å²) in [6.45, 7) is 4.16. The second kappa shape index (κ2) is 5.18. The molecule has 1 heterocycles. The van der Waals surface area contributed by atoms with Crippen molar-refractivity contribution in [1.82, 2.24) is 5.32 Å². The molecule has 1 aromatic heterocycles. The average molecular weight is 255 g/mol. The van der Waals surface area contributed by atoms with Gasteiger partial charge < -0.3 is 16.0 Å². The molecular weight excluding hydrogens is 238 g/mol. The third kappa shape index (κ3) is 2.41. The number of amides is 1. The van der Waals surface area contributed by atoms with Gasteiger partial charge in [0.1, 0.15) is 5.00 Å². The smallest absolute Gasteiger partial charge is 0.256 e. The zero-order valence-electron chi connectivity index (χ0n) is 10.5.